The highest BCUT2D eigenvalue weighted by Gasteiger charge is 2.20. The zero-order valence-corrected chi connectivity index (χ0v) is 12.1. The lowest BCUT2D eigenvalue weighted by molar-refractivity contribution is 0.600. The molecule has 4 nitrogen and oxygen atoms in total. The minimum Gasteiger partial charge on any atom is -0.396 e. The zero-order valence-electron chi connectivity index (χ0n) is 10.5. The Kier molecular flexibility index (Phi) is 3.87. The van der Waals surface area contributed by atoms with Crippen LogP contribution in [-0.2, 0) is 10.0 Å². The molecule has 0 heterocycles. The van der Waals surface area contributed by atoms with Gasteiger partial charge < -0.3 is 5.73 Å². The van der Waals surface area contributed by atoms with Crippen LogP contribution in [0.1, 0.15) is 5.56 Å². The topological polar surface area (TPSA) is 72.2 Å². The van der Waals surface area contributed by atoms with Crippen molar-refractivity contribution in [2.24, 2.45) is 0 Å². The second kappa shape index (κ2) is 5.30. The lowest BCUT2D eigenvalue weighted by atomic mass is 10.2. The highest BCUT2D eigenvalue weighted by Crippen LogP contribution is 2.27. The van der Waals surface area contributed by atoms with Gasteiger partial charge in [-0.05, 0) is 31.2 Å². The first kappa shape index (κ1) is 14.6. The molecule has 2 aromatic rings. The maximum absolute atomic E-state index is 13.2. The molecule has 106 valence electrons. The molecule has 0 spiro atoms. The number of hydrogen-bond acceptors (Lipinski definition) is 3. The standard InChI is InChI=1S/C13H12ClFN2O2S/c1-8-2-4-9(5-3-8)17-20(18,19)13-7-12(16)11(15)6-10(13)14/h2-7,17H,16H2,1H3. The zero-order chi connectivity index (χ0) is 14.9. The van der Waals surface area contributed by atoms with Crippen LogP contribution in [0.2, 0.25) is 5.02 Å². The molecular formula is C13H12ClFN2O2S. The highest BCUT2D eigenvalue weighted by molar-refractivity contribution is 7.92. The molecule has 0 saturated heterocycles. The third-order valence-corrected chi connectivity index (χ3v) is 4.49. The van der Waals surface area contributed by atoms with E-state index in [9.17, 15) is 12.8 Å². The Labute approximate surface area is 121 Å². The van der Waals surface area contributed by atoms with E-state index in [1.807, 2.05) is 6.92 Å². The maximum atomic E-state index is 13.2. The summed E-state index contributed by atoms with van der Waals surface area (Å²) in [4.78, 5) is -0.265. The third kappa shape index (κ3) is 3.02. The van der Waals surface area contributed by atoms with E-state index >= 15 is 0 Å². The summed E-state index contributed by atoms with van der Waals surface area (Å²) < 4.78 is 39.9. The molecule has 0 aliphatic heterocycles. The molecule has 0 aliphatic rings. The summed E-state index contributed by atoms with van der Waals surface area (Å²) in [6, 6.07) is 8.63. The summed E-state index contributed by atoms with van der Waals surface area (Å²) in [7, 11) is -3.92. The SMILES string of the molecule is Cc1ccc(NS(=O)(=O)c2cc(N)c(F)cc2Cl)cc1. The van der Waals surface area contributed by atoms with Gasteiger partial charge in [-0.25, -0.2) is 12.8 Å². The van der Waals surface area contributed by atoms with Crippen LogP contribution in [0.5, 0.6) is 0 Å². The molecule has 0 radical (unpaired) electrons. The van der Waals surface area contributed by atoms with E-state index in [4.69, 9.17) is 17.3 Å². The number of rotatable bonds is 3. The Balaban J connectivity index is 2.40. The van der Waals surface area contributed by atoms with Crippen molar-refractivity contribution in [3.63, 3.8) is 0 Å². The fourth-order valence-electron chi connectivity index (χ4n) is 1.58. The minimum atomic E-state index is -3.92. The molecule has 0 unspecified atom stereocenters. The van der Waals surface area contributed by atoms with E-state index < -0.39 is 15.8 Å². The number of nitrogen functional groups attached to an aromatic ring is 1. The summed E-state index contributed by atoms with van der Waals surface area (Å²) >= 11 is 5.76. The summed E-state index contributed by atoms with van der Waals surface area (Å²) in [5.74, 6) is -0.760. The Morgan fingerprint density at radius 1 is 1.20 bits per heavy atom. The molecule has 0 bridgehead atoms. The van der Waals surface area contributed by atoms with Gasteiger partial charge in [0.15, 0.2) is 0 Å². The fourth-order valence-corrected chi connectivity index (χ4v) is 3.19. The van der Waals surface area contributed by atoms with Gasteiger partial charge in [0, 0.05) is 5.69 Å². The van der Waals surface area contributed by atoms with Crippen LogP contribution < -0.4 is 10.5 Å². The largest absolute Gasteiger partial charge is 0.396 e. The first-order valence-corrected chi connectivity index (χ1v) is 7.50. The molecular weight excluding hydrogens is 303 g/mol. The van der Waals surface area contributed by atoms with E-state index in [1.54, 1.807) is 24.3 Å². The van der Waals surface area contributed by atoms with Crippen LogP contribution in [0, 0.1) is 12.7 Å². The summed E-state index contributed by atoms with van der Waals surface area (Å²) in [6.07, 6.45) is 0. The predicted molar refractivity (Wildman–Crippen MR) is 77.8 cm³/mol. The summed E-state index contributed by atoms with van der Waals surface area (Å²) in [5, 5.41) is -0.226. The number of aryl methyl sites for hydroxylation is 1. The highest BCUT2D eigenvalue weighted by atomic mass is 35.5. The van der Waals surface area contributed by atoms with Crippen molar-refractivity contribution in [1.29, 1.82) is 0 Å². The average Bonchev–Trinajstić information content (AvgIpc) is 2.36. The second-order valence-corrected chi connectivity index (χ2v) is 6.33. The van der Waals surface area contributed by atoms with Crippen molar-refractivity contribution in [2.45, 2.75) is 11.8 Å². The number of nitrogens with two attached hydrogens (primary N) is 1. The molecule has 3 N–H and O–H groups in total. The van der Waals surface area contributed by atoms with Crippen molar-refractivity contribution in [3.8, 4) is 0 Å². The van der Waals surface area contributed by atoms with Crippen molar-refractivity contribution >= 4 is 33.0 Å². The van der Waals surface area contributed by atoms with Crippen molar-refractivity contribution in [3.05, 3.63) is 52.8 Å². The third-order valence-electron chi connectivity index (χ3n) is 2.64. The Morgan fingerprint density at radius 2 is 1.80 bits per heavy atom. The minimum absolute atomic E-state index is 0.226. The van der Waals surface area contributed by atoms with Gasteiger partial charge in [0.2, 0.25) is 0 Å². The quantitative estimate of drug-likeness (QED) is 0.855. The molecule has 0 aliphatic carbocycles. The summed E-state index contributed by atoms with van der Waals surface area (Å²) in [6.45, 7) is 1.88. The molecule has 0 aromatic heterocycles. The van der Waals surface area contributed by atoms with Gasteiger partial charge in [-0.3, -0.25) is 4.72 Å². The number of nitrogens with one attached hydrogen (secondary N) is 1. The first-order chi connectivity index (χ1) is 9.29. The molecule has 0 atom stereocenters. The van der Waals surface area contributed by atoms with Crippen molar-refractivity contribution in [1.82, 2.24) is 0 Å². The fraction of sp³-hybridized carbons (Fsp3) is 0.0769. The Bertz CT molecular complexity index is 746. The predicted octanol–water partition coefficient (Wildman–Crippen LogP) is 3.17. The van der Waals surface area contributed by atoms with Gasteiger partial charge in [0.1, 0.15) is 10.7 Å². The Hall–Kier alpha value is -1.79. The van der Waals surface area contributed by atoms with Crippen LogP contribution in [0.3, 0.4) is 0 Å². The van der Waals surface area contributed by atoms with Crippen LogP contribution in [0.15, 0.2) is 41.3 Å². The lowest BCUT2D eigenvalue weighted by Crippen LogP contribution is -2.14. The number of anilines is 2. The normalized spacial score (nSPS) is 11.3. The van der Waals surface area contributed by atoms with E-state index in [2.05, 4.69) is 4.72 Å². The van der Waals surface area contributed by atoms with Crippen LogP contribution in [0.4, 0.5) is 15.8 Å². The molecule has 0 amide bonds. The van der Waals surface area contributed by atoms with Crippen LogP contribution in [0.25, 0.3) is 0 Å². The smallest absolute Gasteiger partial charge is 0.263 e. The number of sulfonamides is 1. The van der Waals surface area contributed by atoms with Gasteiger partial charge in [-0.15, -0.1) is 0 Å². The van der Waals surface area contributed by atoms with E-state index in [-0.39, 0.29) is 15.6 Å². The van der Waals surface area contributed by atoms with Crippen LogP contribution in [-0.4, -0.2) is 8.42 Å². The molecule has 20 heavy (non-hydrogen) atoms. The summed E-state index contributed by atoms with van der Waals surface area (Å²) in [5.41, 5.74) is 6.48. The molecule has 2 rings (SSSR count). The number of hydrogen-bond donors (Lipinski definition) is 2. The number of halogens is 2. The molecule has 0 saturated carbocycles. The molecule has 2 aromatic carbocycles. The molecule has 0 fully saturated rings. The van der Waals surface area contributed by atoms with E-state index in [0.717, 1.165) is 17.7 Å². The van der Waals surface area contributed by atoms with Crippen LogP contribution >= 0.6 is 11.6 Å². The number of benzene rings is 2. The second-order valence-electron chi connectivity index (χ2n) is 4.28. The Morgan fingerprint density at radius 3 is 2.40 bits per heavy atom. The maximum Gasteiger partial charge on any atom is 0.263 e. The van der Waals surface area contributed by atoms with Gasteiger partial charge in [0.25, 0.3) is 10.0 Å². The van der Waals surface area contributed by atoms with Crippen molar-refractivity contribution in [2.75, 3.05) is 10.5 Å². The monoisotopic (exact) mass is 314 g/mol. The van der Waals surface area contributed by atoms with Crippen molar-refractivity contribution < 1.29 is 12.8 Å². The van der Waals surface area contributed by atoms with E-state index in [0.29, 0.717) is 5.69 Å². The lowest BCUT2D eigenvalue weighted by Gasteiger charge is -2.10. The average molecular weight is 315 g/mol. The van der Waals surface area contributed by atoms with E-state index in [1.165, 1.54) is 0 Å². The first-order valence-electron chi connectivity index (χ1n) is 5.63. The van der Waals surface area contributed by atoms with Gasteiger partial charge in [-0.1, -0.05) is 29.3 Å². The van der Waals surface area contributed by atoms with Gasteiger partial charge in [0.05, 0.1) is 10.7 Å². The van der Waals surface area contributed by atoms with Gasteiger partial charge in [-0.2, -0.15) is 0 Å². The van der Waals surface area contributed by atoms with Gasteiger partial charge >= 0.3 is 0 Å². The molecule has 7 heteroatoms.